The fourth-order valence-corrected chi connectivity index (χ4v) is 1.87. The van der Waals surface area contributed by atoms with Crippen molar-refractivity contribution >= 4 is 17.7 Å². The van der Waals surface area contributed by atoms with Gasteiger partial charge in [-0.2, -0.15) is 0 Å². The molecule has 0 bridgehead atoms. The first-order chi connectivity index (χ1) is 10.1. The van der Waals surface area contributed by atoms with E-state index in [0.717, 1.165) is 25.7 Å². The van der Waals surface area contributed by atoms with Gasteiger partial charge in [0.2, 0.25) is 0 Å². The Morgan fingerprint density at radius 1 is 1.24 bits per heavy atom. The molecule has 0 aliphatic heterocycles. The SMILES string of the molecule is CCCCCCNC(=O)Nc1ccc(C(=O)O)c(OC)c1. The molecule has 0 aromatic heterocycles. The molecule has 0 saturated carbocycles. The van der Waals surface area contributed by atoms with Crippen LogP contribution in [-0.2, 0) is 0 Å². The van der Waals surface area contributed by atoms with Crippen molar-refractivity contribution in [2.45, 2.75) is 32.6 Å². The fraction of sp³-hybridized carbons (Fsp3) is 0.467. The second-order valence-electron chi connectivity index (χ2n) is 4.66. The number of carbonyl (C=O) groups is 2. The van der Waals surface area contributed by atoms with Gasteiger partial charge in [0.25, 0.3) is 0 Å². The van der Waals surface area contributed by atoms with Crippen LogP contribution in [0.25, 0.3) is 0 Å². The molecule has 1 aromatic rings. The molecule has 6 heteroatoms. The zero-order valence-electron chi connectivity index (χ0n) is 12.4. The van der Waals surface area contributed by atoms with Crippen molar-refractivity contribution in [2.75, 3.05) is 19.0 Å². The Bertz CT molecular complexity index is 489. The predicted molar refractivity (Wildman–Crippen MR) is 81.1 cm³/mol. The number of amides is 2. The number of unbranched alkanes of at least 4 members (excludes halogenated alkanes) is 3. The number of carboxylic acids is 1. The van der Waals surface area contributed by atoms with Crippen LogP contribution in [0.1, 0.15) is 43.0 Å². The molecule has 0 fully saturated rings. The Kier molecular flexibility index (Phi) is 7.08. The molecule has 6 nitrogen and oxygen atoms in total. The smallest absolute Gasteiger partial charge is 0.339 e. The van der Waals surface area contributed by atoms with Gasteiger partial charge in [-0.3, -0.25) is 0 Å². The van der Waals surface area contributed by atoms with E-state index in [1.807, 2.05) is 0 Å². The molecule has 0 radical (unpaired) electrons. The maximum absolute atomic E-state index is 11.7. The number of aromatic carboxylic acids is 1. The number of hydrogen-bond donors (Lipinski definition) is 3. The Balaban J connectivity index is 2.51. The van der Waals surface area contributed by atoms with Crippen LogP contribution in [-0.4, -0.2) is 30.8 Å². The maximum atomic E-state index is 11.7. The van der Waals surface area contributed by atoms with E-state index in [4.69, 9.17) is 9.84 Å². The van der Waals surface area contributed by atoms with Crippen LogP contribution in [0, 0.1) is 0 Å². The third kappa shape index (κ3) is 5.72. The lowest BCUT2D eigenvalue weighted by Crippen LogP contribution is -2.29. The molecule has 21 heavy (non-hydrogen) atoms. The van der Waals surface area contributed by atoms with Crippen LogP contribution >= 0.6 is 0 Å². The van der Waals surface area contributed by atoms with Crippen LogP contribution in [0.3, 0.4) is 0 Å². The predicted octanol–water partition coefficient (Wildman–Crippen LogP) is 3.10. The first kappa shape index (κ1) is 16.8. The van der Waals surface area contributed by atoms with E-state index < -0.39 is 5.97 Å². The van der Waals surface area contributed by atoms with Gasteiger partial charge in [-0.05, 0) is 18.6 Å². The lowest BCUT2D eigenvalue weighted by Gasteiger charge is -2.10. The minimum atomic E-state index is -1.07. The summed E-state index contributed by atoms with van der Waals surface area (Å²) >= 11 is 0. The molecule has 116 valence electrons. The fourth-order valence-electron chi connectivity index (χ4n) is 1.87. The molecule has 2 amide bonds. The van der Waals surface area contributed by atoms with E-state index in [1.54, 1.807) is 0 Å². The van der Waals surface area contributed by atoms with Crippen molar-refractivity contribution in [1.82, 2.24) is 5.32 Å². The van der Waals surface area contributed by atoms with Crippen molar-refractivity contribution in [3.8, 4) is 5.75 Å². The van der Waals surface area contributed by atoms with Crippen molar-refractivity contribution in [2.24, 2.45) is 0 Å². The van der Waals surface area contributed by atoms with E-state index >= 15 is 0 Å². The Hall–Kier alpha value is -2.24. The summed E-state index contributed by atoms with van der Waals surface area (Å²) in [6.07, 6.45) is 4.36. The van der Waals surface area contributed by atoms with Gasteiger partial charge >= 0.3 is 12.0 Å². The summed E-state index contributed by atoms with van der Waals surface area (Å²) < 4.78 is 5.00. The van der Waals surface area contributed by atoms with Crippen molar-refractivity contribution in [3.05, 3.63) is 23.8 Å². The molecular weight excluding hydrogens is 272 g/mol. The molecule has 1 rings (SSSR count). The van der Waals surface area contributed by atoms with Crippen LogP contribution < -0.4 is 15.4 Å². The van der Waals surface area contributed by atoms with E-state index in [9.17, 15) is 9.59 Å². The highest BCUT2D eigenvalue weighted by Crippen LogP contribution is 2.23. The summed E-state index contributed by atoms with van der Waals surface area (Å²) in [5, 5.41) is 14.4. The first-order valence-corrected chi connectivity index (χ1v) is 7.04. The van der Waals surface area contributed by atoms with Gasteiger partial charge in [0.15, 0.2) is 0 Å². The molecule has 0 unspecified atom stereocenters. The lowest BCUT2D eigenvalue weighted by atomic mass is 10.2. The van der Waals surface area contributed by atoms with Gasteiger partial charge in [-0.25, -0.2) is 9.59 Å². The van der Waals surface area contributed by atoms with Crippen LogP contribution in [0.5, 0.6) is 5.75 Å². The van der Waals surface area contributed by atoms with Crippen molar-refractivity contribution in [3.63, 3.8) is 0 Å². The standard InChI is InChI=1S/C15H22N2O4/c1-3-4-5-6-9-16-15(20)17-11-7-8-12(14(18)19)13(10-11)21-2/h7-8,10H,3-6,9H2,1-2H3,(H,18,19)(H2,16,17,20). The minimum absolute atomic E-state index is 0.0584. The second kappa shape index (κ2) is 8.84. The number of carboxylic acid groups (broad SMARTS) is 1. The van der Waals surface area contributed by atoms with Gasteiger partial charge in [0.05, 0.1) is 7.11 Å². The third-order valence-corrected chi connectivity index (χ3v) is 3.01. The zero-order valence-corrected chi connectivity index (χ0v) is 12.4. The number of ether oxygens (including phenoxy) is 1. The van der Waals surface area contributed by atoms with Crippen molar-refractivity contribution < 1.29 is 19.4 Å². The third-order valence-electron chi connectivity index (χ3n) is 3.01. The molecule has 3 N–H and O–H groups in total. The molecule has 0 saturated heterocycles. The normalized spacial score (nSPS) is 10.0. The summed E-state index contributed by atoms with van der Waals surface area (Å²) in [6.45, 7) is 2.75. The number of urea groups is 1. The second-order valence-corrected chi connectivity index (χ2v) is 4.66. The highest BCUT2D eigenvalue weighted by molar-refractivity contribution is 5.94. The number of rotatable bonds is 8. The van der Waals surface area contributed by atoms with Gasteiger partial charge in [-0.1, -0.05) is 26.2 Å². The van der Waals surface area contributed by atoms with E-state index in [2.05, 4.69) is 17.6 Å². The average Bonchev–Trinajstić information content (AvgIpc) is 2.46. The Labute approximate surface area is 124 Å². The van der Waals surface area contributed by atoms with E-state index in [-0.39, 0.29) is 17.3 Å². The van der Waals surface area contributed by atoms with Gasteiger partial charge in [0.1, 0.15) is 11.3 Å². The van der Waals surface area contributed by atoms with Gasteiger partial charge in [-0.15, -0.1) is 0 Å². The average molecular weight is 294 g/mol. The zero-order chi connectivity index (χ0) is 15.7. The summed E-state index contributed by atoms with van der Waals surface area (Å²) in [5.41, 5.74) is 0.547. The highest BCUT2D eigenvalue weighted by Gasteiger charge is 2.12. The molecule has 0 aliphatic rings. The summed E-state index contributed by atoms with van der Waals surface area (Å²) in [7, 11) is 1.39. The van der Waals surface area contributed by atoms with Crippen molar-refractivity contribution in [1.29, 1.82) is 0 Å². The van der Waals surface area contributed by atoms with E-state index in [1.165, 1.54) is 25.3 Å². The lowest BCUT2D eigenvalue weighted by molar-refractivity contribution is 0.0693. The minimum Gasteiger partial charge on any atom is -0.496 e. The Morgan fingerprint density at radius 3 is 2.62 bits per heavy atom. The summed E-state index contributed by atoms with van der Waals surface area (Å²) in [4.78, 5) is 22.6. The number of methoxy groups -OCH3 is 1. The topological polar surface area (TPSA) is 87.7 Å². The Morgan fingerprint density at radius 2 is 2.00 bits per heavy atom. The summed E-state index contributed by atoms with van der Waals surface area (Å²) in [5.74, 6) is -0.859. The first-order valence-electron chi connectivity index (χ1n) is 7.04. The van der Waals surface area contributed by atoms with E-state index in [0.29, 0.717) is 12.2 Å². The maximum Gasteiger partial charge on any atom is 0.339 e. The number of carbonyl (C=O) groups excluding carboxylic acids is 1. The highest BCUT2D eigenvalue weighted by atomic mass is 16.5. The molecule has 0 aliphatic carbocycles. The number of hydrogen-bond acceptors (Lipinski definition) is 3. The monoisotopic (exact) mass is 294 g/mol. The number of benzene rings is 1. The molecular formula is C15H22N2O4. The largest absolute Gasteiger partial charge is 0.496 e. The number of anilines is 1. The van der Waals surface area contributed by atoms with Gasteiger partial charge < -0.3 is 20.5 Å². The molecule has 0 atom stereocenters. The molecule has 0 spiro atoms. The van der Waals surface area contributed by atoms with Crippen LogP contribution in [0.2, 0.25) is 0 Å². The van der Waals surface area contributed by atoms with Gasteiger partial charge in [0, 0.05) is 18.3 Å². The molecule has 1 aromatic carbocycles. The van der Waals surface area contributed by atoms with Crippen LogP contribution in [0.15, 0.2) is 18.2 Å². The number of nitrogens with one attached hydrogen (secondary N) is 2. The summed E-state index contributed by atoms with van der Waals surface area (Å²) in [6, 6.07) is 4.11. The molecule has 0 heterocycles. The van der Waals surface area contributed by atoms with Crippen LogP contribution in [0.4, 0.5) is 10.5 Å². The quantitative estimate of drug-likeness (QED) is 0.643.